The highest BCUT2D eigenvalue weighted by molar-refractivity contribution is 7.80. The molecule has 0 aliphatic carbocycles. The van der Waals surface area contributed by atoms with Crippen LogP contribution in [0.4, 0.5) is 24.8 Å². The summed E-state index contributed by atoms with van der Waals surface area (Å²) in [7, 11) is 1.70. The lowest BCUT2D eigenvalue weighted by molar-refractivity contribution is -0.274. The number of rotatable bonds is 9. The van der Waals surface area contributed by atoms with Crippen LogP contribution in [0.5, 0.6) is 5.75 Å². The maximum atomic E-state index is 12.5. The fourth-order valence-electron chi connectivity index (χ4n) is 4.39. The number of aryl methyl sites for hydroxylation is 1. The first-order valence-electron chi connectivity index (χ1n) is 13.2. The van der Waals surface area contributed by atoms with E-state index in [1.165, 1.54) is 34.5 Å². The molecule has 4 aromatic rings. The maximum absolute atomic E-state index is 12.5. The summed E-state index contributed by atoms with van der Waals surface area (Å²) in [5.74, 6) is 0.958. The van der Waals surface area contributed by atoms with Crippen LogP contribution in [0.15, 0.2) is 71.8 Å². The van der Waals surface area contributed by atoms with Gasteiger partial charge in [0.15, 0.2) is 10.9 Å². The summed E-state index contributed by atoms with van der Waals surface area (Å²) in [5, 5.41) is 15.7. The van der Waals surface area contributed by atoms with Crippen LogP contribution in [0.25, 0.3) is 17.1 Å². The summed E-state index contributed by atoms with van der Waals surface area (Å²) in [6.07, 6.45) is -4.15. The van der Waals surface area contributed by atoms with Gasteiger partial charge in [0.25, 0.3) is 0 Å². The minimum Gasteiger partial charge on any atom is -0.406 e. The first-order chi connectivity index (χ1) is 19.9. The summed E-state index contributed by atoms with van der Waals surface area (Å²) in [4.78, 5) is 4.58. The summed E-state index contributed by atoms with van der Waals surface area (Å²) in [5.41, 5.74) is 9.28. The van der Waals surface area contributed by atoms with Gasteiger partial charge in [0.05, 0.1) is 5.69 Å². The standard InChI is InChI=1S/C30H32F3N7OS/c1-18(2)24-8-6-7-9-26(24)35-29(42)38-37-20(4)17-21-10-15-25(19(3)16-21)27-36-28(34-5)40(39-27)22-11-13-23(14-12-22)41-30(31,32)33/h6-16,18H,17H2,1-5H3,(H,34,36,39)(H2,35,38,42)/b37-20+. The highest BCUT2D eigenvalue weighted by Crippen LogP contribution is 2.28. The third kappa shape index (κ3) is 7.84. The van der Waals surface area contributed by atoms with Gasteiger partial charge in [-0.25, -0.2) is 0 Å². The third-order valence-corrected chi connectivity index (χ3v) is 6.51. The number of hydrazone groups is 1. The van der Waals surface area contributed by atoms with Crippen LogP contribution in [0.3, 0.4) is 0 Å². The molecule has 1 aromatic heterocycles. The van der Waals surface area contributed by atoms with E-state index >= 15 is 0 Å². The smallest absolute Gasteiger partial charge is 0.406 e. The molecule has 12 heteroatoms. The van der Waals surface area contributed by atoms with Gasteiger partial charge >= 0.3 is 6.36 Å². The van der Waals surface area contributed by atoms with E-state index in [0.29, 0.717) is 34.9 Å². The molecule has 0 amide bonds. The summed E-state index contributed by atoms with van der Waals surface area (Å²) in [6.45, 7) is 8.16. The number of nitrogens with zero attached hydrogens (tertiary/aromatic N) is 4. The Morgan fingerprint density at radius 3 is 2.43 bits per heavy atom. The number of aromatic nitrogens is 3. The SMILES string of the molecule is CNc1nc(-c2ccc(C/C(C)=N/NC(=S)Nc3ccccc3C(C)C)cc2C)nn1-c1ccc(OC(F)(F)F)cc1. The molecule has 42 heavy (non-hydrogen) atoms. The van der Waals surface area contributed by atoms with Crippen LogP contribution >= 0.6 is 12.2 Å². The first-order valence-corrected chi connectivity index (χ1v) is 13.6. The highest BCUT2D eigenvalue weighted by atomic mass is 32.1. The molecule has 0 spiro atoms. The molecule has 0 fully saturated rings. The van der Waals surface area contributed by atoms with Gasteiger partial charge in [-0.05, 0) is 79.0 Å². The van der Waals surface area contributed by atoms with Crippen molar-refractivity contribution in [2.45, 2.75) is 46.4 Å². The lowest BCUT2D eigenvalue weighted by Gasteiger charge is -2.15. The van der Waals surface area contributed by atoms with Gasteiger partial charge in [-0.2, -0.15) is 14.8 Å². The Labute approximate surface area is 248 Å². The highest BCUT2D eigenvalue weighted by Gasteiger charge is 2.31. The largest absolute Gasteiger partial charge is 0.573 e. The predicted molar refractivity (Wildman–Crippen MR) is 164 cm³/mol. The van der Waals surface area contributed by atoms with Crippen molar-refractivity contribution >= 4 is 34.7 Å². The van der Waals surface area contributed by atoms with Crippen molar-refractivity contribution in [3.63, 3.8) is 0 Å². The van der Waals surface area contributed by atoms with E-state index in [-0.39, 0.29) is 5.75 Å². The van der Waals surface area contributed by atoms with Crippen LogP contribution in [0.1, 0.15) is 43.4 Å². The topological polar surface area (TPSA) is 88.4 Å². The monoisotopic (exact) mass is 595 g/mol. The fourth-order valence-corrected chi connectivity index (χ4v) is 4.54. The molecule has 0 radical (unpaired) electrons. The number of anilines is 2. The van der Waals surface area contributed by atoms with Gasteiger partial charge in [0, 0.05) is 30.4 Å². The summed E-state index contributed by atoms with van der Waals surface area (Å²) < 4.78 is 43.0. The number of hydrogen-bond acceptors (Lipinski definition) is 6. The quantitative estimate of drug-likeness (QED) is 0.107. The van der Waals surface area contributed by atoms with Gasteiger partial charge in [-0.1, -0.05) is 50.2 Å². The van der Waals surface area contributed by atoms with Crippen molar-refractivity contribution in [2.75, 3.05) is 17.7 Å². The van der Waals surface area contributed by atoms with Crippen LogP contribution in [0.2, 0.25) is 0 Å². The molecule has 0 bridgehead atoms. The van der Waals surface area contributed by atoms with Crippen molar-refractivity contribution in [1.29, 1.82) is 0 Å². The molecule has 0 aliphatic rings. The van der Waals surface area contributed by atoms with E-state index in [4.69, 9.17) is 12.2 Å². The predicted octanol–water partition coefficient (Wildman–Crippen LogP) is 7.21. The number of para-hydroxylation sites is 1. The molecule has 0 unspecified atom stereocenters. The van der Waals surface area contributed by atoms with Gasteiger partial charge in [-0.15, -0.1) is 18.3 Å². The number of benzene rings is 3. The lowest BCUT2D eigenvalue weighted by Crippen LogP contribution is -2.25. The fraction of sp³-hybridized carbons (Fsp3) is 0.267. The van der Waals surface area contributed by atoms with Gasteiger partial charge in [0.1, 0.15) is 5.75 Å². The Morgan fingerprint density at radius 1 is 1.07 bits per heavy atom. The number of halogens is 3. The molecule has 3 N–H and O–H groups in total. The molecule has 0 saturated carbocycles. The van der Waals surface area contributed by atoms with Crippen molar-refractivity contribution < 1.29 is 17.9 Å². The molecule has 0 atom stereocenters. The van der Waals surface area contributed by atoms with E-state index in [9.17, 15) is 13.2 Å². The summed E-state index contributed by atoms with van der Waals surface area (Å²) >= 11 is 5.44. The number of nitrogens with one attached hydrogen (secondary N) is 3. The Bertz CT molecular complexity index is 1580. The summed E-state index contributed by atoms with van der Waals surface area (Å²) in [6, 6.07) is 19.4. The molecule has 3 aromatic carbocycles. The second kappa shape index (κ2) is 13.0. The van der Waals surface area contributed by atoms with Crippen LogP contribution in [-0.2, 0) is 6.42 Å². The molecule has 1 heterocycles. The van der Waals surface area contributed by atoms with Gasteiger partial charge in [0.2, 0.25) is 5.95 Å². The molecule has 0 aliphatic heterocycles. The second-order valence-corrected chi connectivity index (χ2v) is 10.4. The van der Waals surface area contributed by atoms with Crippen molar-refractivity contribution in [1.82, 2.24) is 20.2 Å². The van der Waals surface area contributed by atoms with E-state index < -0.39 is 6.36 Å². The average Bonchev–Trinajstić information content (AvgIpc) is 3.36. The average molecular weight is 596 g/mol. The van der Waals surface area contributed by atoms with Crippen molar-refractivity contribution in [3.05, 3.63) is 83.4 Å². The molecule has 4 rings (SSSR count). The second-order valence-electron chi connectivity index (χ2n) is 9.94. The van der Waals surface area contributed by atoms with E-state index in [1.807, 2.05) is 50.2 Å². The lowest BCUT2D eigenvalue weighted by atomic mass is 10.0. The minimum atomic E-state index is -4.76. The molecule has 8 nitrogen and oxygen atoms in total. The van der Waals surface area contributed by atoms with Crippen LogP contribution in [-0.4, -0.2) is 39.0 Å². The zero-order chi connectivity index (χ0) is 30.4. The van der Waals surface area contributed by atoms with E-state index in [1.54, 1.807) is 7.05 Å². The maximum Gasteiger partial charge on any atom is 0.573 e. The number of thiocarbonyl (C=S) groups is 1. The normalized spacial score (nSPS) is 11.9. The first kappa shape index (κ1) is 30.5. The minimum absolute atomic E-state index is 0.312. The third-order valence-electron chi connectivity index (χ3n) is 6.32. The Morgan fingerprint density at radius 2 is 1.79 bits per heavy atom. The van der Waals surface area contributed by atoms with E-state index in [2.05, 4.69) is 55.9 Å². The number of ether oxygens (including phenoxy) is 1. The van der Waals surface area contributed by atoms with Crippen LogP contribution < -0.4 is 20.8 Å². The molecule has 0 saturated heterocycles. The Kier molecular flexibility index (Phi) is 9.46. The van der Waals surface area contributed by atoms with Crippen molar-refractivity contribution in [3.8, 4) is 22.8 Å². The van der Waals surface area contributed by atoms with Gasteiger partial charge < -0.3 is 15.4 Å². The van der Waals surface area contributed by atoms with Crippen molar-refractivity contribution in [2.24, 2.45) is 5.10 Å². The van der Waals surface area contributed by atoms with Gasteiger partial charge in [-0.3, -0.25) is 5.43 Å². The zero-order valence-corrected chi connectivity index (χ0v) is 24.7. The zero-order valence-electron chi connectivity index (χ0n) is 23.9. The molecule has 220 valence electrons. The number of alkyl halides is 3. The van der Waals surface area contributed by atoms with Crippen LogP contribution in [0, 0.1) is 6.92 Å². The molecular formula is C30H32F3N7OS. The Hall–Kier alpha value is -4.45. The van der Waals surface area contributed by atoms with E-state index in [0.717, 1.165) is 28.1 Å². The number of hydrogen-bond donors (Lipinski definition) is 3. The Balaban J connectivity index is 1.44. The molecular weight excluding hydrogens is 563 g/mol.